The molecule has 0 saturated carbocycles. The summed E-state index contributed by atoms with van der Waals surface area (Å²) in [5.74, 6) is 0. The standard InChI is InChI=1S/C10H13N3OS2/c1-6-9(16-7(2)12-6)4-11-3-8-5-15-10(14)13-8/h5,11H,3-4H2,1-2H3,(H,13,14). The Hall–Kier alpha value is -0.980. The molecule has 0 aromatic carbocycles. The summed E-state index contributed by atoms with van der Waals surface area (Å²) < 4.78 is 0. The fourth-order valence-electron chi connectivity index (χ4n) is 1.45. The molecule has 0 amide bonds. The first-order valence-electron chi connectivity index (χ1n) is 4.95. The highest BCUT2D eigenvalue weighted by molar-refractivity contribution is 7.11. The second kappa shape index (κ2) is 4.90. The minimum atomic E-state index is 0.00150. The van der Waals surface area contributed by atoms with Crippen LogP contribution in [0.2, 0.25) is 0 Å². The predicted octanol–water partition coefficient (Wildman–Crippen LogP) is 1.80. The van der Waals surface area contributed by atoms with Crippen molar-refractivity contribution in [1.82, 2.24) is 15.3 Å². The first-order chi connectivity index (χ1) is 7.65. The van der Waals surface area contributed by atoms with Gasteiger partial charge in [-0.3, -0.25) is 4.79 Å². The van der Waals surface area contributed by atoms with E-state index < -0.39 is 0 Å². The average Bonchev–Trinajstić information content (AvgIpc) is 2.74. The number of H-pyrrole nitrogens is 1. The van der Waals surface area contributed by atoms with Gasteiger partial charge >= 0.3 is 4.87 Å². The van der Waals surface area contributed by atoms with Crippen LogP contribution in [0.1, 0.15) is 21.3 Å². The topological polar surface area (TPSA) is 57.8 Å². The van der Waals surface area contributed by atoms with Crippen LogP contribution in [0, 0.1) is 13.8 Å². The first-order valence-corrected chi connectivity index (χ1v) is 6.65. The van der Waals surface area contributed by atoms with Crippen LogP contribution in [-0.2, 0) is 13.1 Å². The van der Waals surface area contributed by atoms with E-state index in [1.54, 1.807) is 11.3 Å². The number of thiazole rings is 2. The maximum absolute atomic E-state index is 10.9. The summed E-state index contributed by atoms with van der Waals surface area (Å²) in [5, 5.41) is 6.24. The van der Waals surface area contributed by atoms with Gasteiger partial charge in [0.05, 0.1) is 10.7 Å². The van der Waals surface area contributed by atoms with E-state index >= 15 is 0 Å². The van der Waals surface area contributed by atoms with Gasteiger partial charge in [0.2, 0.25) is 0 Å². The van der Waals surface area contributed by atoms with Crippen molar-refractivity contribution in [3.8, 4) is 0 Å². The van der Waals surface area contributed by atoms with Crippen molar-refractivity contribution in [2.75, 3.05) is 0 Å². The zero-order valence-electron chi connectivity index (χ0n) is 9.16. The fraction of sp³-hybridized carbons (Fsp3) is 0.400. The lowest BCUT2D eigenvalue weighted by atomic mass is 10.4. The van der Waals surface area contributed by atoms with E-state index in [0.717, 1.165) is 22.9 Å². The zero-order chi connectivity index (χ0) is 11.5. The van der Waals surface area contributed by atoms with E-state index in [4.69, 9.17) is 0 Å². The molecule has 4 nitrogen and oxygen atoms in total. The molecule has 0 aliphatic heterocycles. The molecule has 0 radical (unpaired) electrons. The van der Waals surface area contributed by atoms with E-state index in [-0.39, 0.29) is 4.87 Å². The third-order valence-electron chi connectivity index (χ3n) is 2.17. The number of hydrogen-bond donors (Lipinski definition) is 2. The molecule has 0 spiro atoms. The molecule has 0 fully saturated rings. The zero-order valence-corrected chi connectivity index (χ0v) is 10.8. The Morgan fingerprint density at radius 2 is 2.25 bits per heavy atom. The fourth-order valence-corrected chi connectivity index (χ4v) is 2.94. The summed E-state index contributed by atoms with van der Waals surface area (Å²) in [4.78, 5) is 19.3. The molecule has 2 aromatic heterocycles. The number of aromatic nitrogens is 2. The van der Waals surface area contributed by atoms with E-state index in [1.165, 1.54) is 16.2 Å². The molecule has 0 atom stereocenters. The SMILES string of the molecule is Cc1nc(C)c(CNCc2csc(=O)[nH]2)s1. The van der Waals surface area contributed by atoms with Gasteiger partial charge in [0.25, 0.3) is 0 Å². The molecule has 16 heavy (non-hydrogen) atoms. The number of hydrogen-bond acceptors (Lipinski definition) is 5. The minimum absolute atomic E-state index is 0.00150. The van der Waals surface area contributed by atoms with Crippen molar-refractivity contribution in [3.05, 3.63) is 36.3 Å². The number of rotatable bonds is 4. The predicted molar refractivity (Wildman–Crippen MR) is 67.1 cm³/mol. The summed E-state index contributed by atoms with van der Waals surface area (Å²) in [6.07, 6.45) is 0. The van der Waals surface area contributed by atoms with Crippen molar-refractivity contribution < 1.29 is 0 Å². The van der Waals surface area contributed by atoms with Crippen molar-refractivity contribution in [2.24, 2.45) is 0 Å². The van der Waals surface area contributed by atoms with Gasteiger partial charge in [-0.15, -0.1) is 11.3 Å². The van der Waals surface area contributed by atoms with Crippen LogP contribution < -0.4 is 10.2 Å². The number of nitrogens with one attached hydrogen (secondary N) is 2. The highest BCUT2D eigenvalue weighted by Crippen LogP contribution is 2.16. The molecule has 2 rings (SSSR count). The van der Waals surface area contributed by atoms with Gasteiger partial charge in [0, 0.05) is 29.0 Å². The number of nitrogens with zero attached hydrogens (tertiary/aromatic N) is 1. The molecular formula is C10H13N3OS2. The van der Waals surface area contributed by atoms with Crippen LogP contribution in [0.3, 0.4) is 0 Å². The first kappa shape index (κ1) is 11.5. The van der Waals surface area contributed by atoms with Crippen LogP contribution in [-0.4, -0.2) is 9.97 Å². The Balaban J connectivity index is 1.89. The molecule has 6 heteroatoms. The summed E-state index contributed by atoms with van der Waals surface area (Å²) in [5.41, 5.74) is 2.03. The van der Waals surface area contributed by atoms with Gasteiger partial charge in [-0.2, -0.15) is 0 Å². The minimum Gasteiger partial charge on any atom is -0.315 e. The average molecular weight is 255 g/mol. The molecular weight excluding hydrogens is 242 g/mol. The molecule has 0 unspecified atom stereocenters. The van der Waals surface area contributed by atoms with Crippen molar-refractivity contribution in [1.29, 1.82) is 0 Å². The Morgan fingerprint density at radius 3 is 2.81 bits per heavy atom. The van der Waals surface area contributed by atoms with Crippen LogP contribution in [0.5, 0.6) is 0 Å². The third-order valence-corrected chi connectivity index (χ3v) is 3.96. The van der Waals surface area contributed by atoms with Gasteiger partial charge in [-0.1, -0.05) is 11.3 Å². The largest absolute Gasteiger partial charge is 0.315 e. The maximum atomic E-state index is 10.9. The van der Waals surface area contributed by atoms with E-state index in [9.17, 15) is 4.79 Å². The Kier molecular flexibility index (Phi) is 3.52. The lowest BCUT2D eigenvalue weighted by Gasteiger charge is -2.00. The molecule has 0 aliphatic rings. The number of aromatic amines is 1. The Bertz CT molecular complexity index is 526. The maximum Gasteiger partial charge on any atom is 0.304 e. The van der Waals surface area contributed by atoms with Crippen LogP contribution in [0.25, 0.3) is 0 Å². The lowest BCUT2D eigenvalue weighted by Crippen LogP contribution is -2.13. The molecule has 2 aromatic rings. The Labute approximate surface area is 101 Å². The summed E-state index contributed by atoms with van der Waals surface area (Å²) >= 11 is 2.91. The van der Waals surface area contributed by atoms with E-state index in [1.807, 2.05) is 19.2 Å². The molecule has 2 heterocycles. The van der Waals surface area contributed by atoms with Gasteiger partial charge in [-0.05, 0) is 13.8 Å². The number of aryl methyl sites for hydroxylation is 2. The smallest absolute Gasteiger partial charge is 0.304 e. The summed E-state index contributed by atoms with van der Waals surface area (Å²) in [6.45, 7) is 5.52. The van der Waals surface area contributed by atoms with Crippen molar-refractivity contribution >= 4 is 22.7 Å². The van der Waals surface area contributed by atoms with Gasteiger partial charge in [-0.25, -0.2) is 4.98 Å². The lowest BCUT2D eigenvalue weighted by molar-refractivity contribution is 0.685. The van der Waals surface area contributed by atoms with Gasteiger partial charge in [0.1, 0.15) is 0 Å². The summed E-state index contributed by atoms with van der Waals surface area (Å²) in [7, 11) is 0. The van der Waals surface area contributed by atoms with Gasteiger partial charge < -0.3 is 10.3 Å². The third kappa shape index (κ3) is 2.78. The normalized spacial score (nSPS) is 10.9. The molecule has 0 bridgehead atoms. The van der Waals surface area contributed by atoms with Crippen LogP contribution in [0.4, 0.5) is 0 Å². The van der Waals surface area contributed by atoms with Crippen molar-refractivity contribution in [2.45, 2.75) is 26.9 Å². The van der Waals surface area contributed by atoms with E-state index in [2.05, 4.69) is 15.3 Å². The molecule has 86 valence electrons. The second-order valence-electron chi connectivity index (χ2n) is 3.52. The monoisotopic (exact) mass is 255 g/mol. The van der Waals surface area contributed by atoms with E-state index in [0.29, 0.717) is 6.54 Å². The van der Waals surface area contributed by atoms with Crippen LogP contribution >= 0.6 is 22.7 Å². The Morgan fingerprint density at radius 1 is 1.44 bits per heavy atom. The highest BCUT2D eigenvalue weighted by Gasteiger charge is 2.04. The molecule has 0 saturated heterocycles. The molecule has 2 N–H and O–H groups in total. The molecule has 0 aliphatic carbocycles. The highest BCUT2D eigenvalue weighted by atomic mass is 32.1. The summed E-state index contributed by atoms with van der Waals surface area (Å²) in [6, 6.07) is 0. The quantitative estimate of drug-likeness (QED) is 0.876. The second-order valence-corrected chi connectivity index (χ2v) is 5.65. The van der Waals surface area contributed by atoms with Gasteiger partial charge in [0.15, 0.2) is 0 Å². The van der Waals surface area contributed by atoms with Crippen molar-refractivity contribution in [3.63, 3.8) is 0 Å². The van der Waals surface area contributed by atoms with Crippen LogP contribution in [0.15, 0.2) is 10.2 Å².